The van der Waals surface area contributed by atoms with Crippen LogP contribution in [0.5, 0.6) is 0 Å². The predicted molar refractivity (Wildman–Crippen MR) is 80.4 cm³/mol. The molecule has 0 aliphatic rings. The molecule has 1 aromatic carbocycles. The van der Waals surface area contributed by atoms with Gasteiger partial charge < -0.3 is 0 Å². The second kappa shape index (κ2) is 6.18. The summed E-state index contributed by atoms with van der Waals surface area (Å²) in [7, 11) is -1.06. The van der Waals surface area contributed by atoms with E-state index < -0.39 is 11.0 Å². The van der Waals surface area contributed by atoms with Gasteiger partial charge in [0, 0.05) is 11.1 Å². The zero-order chi connectivity index (χ0) is 13.9. The lowest BCUT2D eigenvalue weighted by atomic mass is 9.95. The first-order valence-electron chi connectivity index (χ1n) is 6.16. The van der Waals surface area contributed by atoms with Crippen LogP contribution >= 0.6 is 11.6 Å². The summed E-state index contributed by atoms with van der Waals surface area (Å²) < 4.78 is 15.0. The van der Waals surface area contributed by atoms with Crippen LogP contribution in [0, 0.1) is 0 Å². The molecular formula is C14H22ClNOS. The van der Waals surface area contributed by atoms with Crippen LogP contribution in [0.3, 0.4) is 0 Å². The average Bonchev–Trinajstić information content (AvgIpc) is 2.27. The third-order valence-corrected chi connectivity index (χ3v) is 5.04. The summed E-state index contributed by atoms with van der Waals surface area (Å²) >= 11 is 6.19. The Bertz CT molecular complexity index is 428. The molecule has 0 fully saturated rings. The standard InChI is InChI=1S/C14H22ClNOS/c1-10(12-8-6-7-9-13(12)15)11(2)16-18(17)14(3,4)5/h6-11,16H,1-5H3. The number of rotatable bonds is 4. The zero-order valence-corrected chi connectivity index (χ0v) is 13.2. The maximum atomic E-state index is 12.1. The van der Waals surface area contributed by atoms with Crippen LogP contribution in [0.25, 0.3) is 0 Å². The van der Waals surface area contributed by atoms with Gasteiger partial charge in [0.25, 0.3) is 0 Å². The largest absolute Gasteiger partial charge is 0.242 e. The van der Waals surface area contributed by atoms with Crippen molar-refractivity contribution in [3.8, 4) is 0 Å². The molecule has 0 saturated heterocycles. The van der Waals surface area contributed by atoms with Crippen molar-refractivity contribution in [3.63, 3.8) is 0 Å². The molecule has 3 atom stereocenters. The fraction of sp³-hybridized carbons (Fsp3) is 0.571. The lowest BCUT2D eigenvalue weighted by Crippen LogP contribution is -2.40. The molecule has 3 unspecified atom stereocenters. The Labute approximate surface area is 118 Å². The van der Waals surface area contributed by atoms with Gasteiger partial charge >= 0.3 is 0 Å². The molecule has 0 amide bonds. The minimum atomic E-state index is -1.06. The molecule has 0 bridgehead atoms. The van der Waals surface area contributed by atoms with Crippen molar-refractivity contribution in [1.82, 2.24) is 4.72 Å². The molecule has 0 aliphatic heterocycles. The van der Waals surface area contributed by atoms with Gasteiger partial charge in [-0.15, -0.1) is 0 Å². The lowest BCUT2D eigenvalue weighted by Gasteiger charge is -2.26. The Balaban J connectivity index is 2.77. The highest BCUT2D eigenvalue weighted by Crippen LogP contribution is 2.27. The van der Waals surface area contributed by atoms with Gasteiger partial charge in [0.05, 0.1) is 15.7 Å². The van der Waals surface area contributed by atoms with E-state index in [4.69, 9.17) is 11.6 Å². The van der Waals surface area contributed by atoms with Crippen molar-refractivity contribution in [2.24, 2.45) is 0 Å². The molecule has 0 spiro atoms. The van der Waals surface area contributed by atoms with E-state index in [1.54, 1.807) is 0 Å². The molecule has 0 saturated carbocycles. The first-order chi connectivity index (χ1) is 8.23. The molecule has 102 valence electrons. The summed E-state index contributed by atoms with van der Waals surface area (Å²) in [6, 6.07) is 7.91. The molecule has 18 heavy (non-hydrogen) atoms. The predicted octanol–water partition coefficient (Wildman–Crippen LogP) is 3.88. The summed E-state index contributed by atoms with van der Waals surface area (Å²) in [5, 5.41) is 0.764. The fourth-order valence-electron chi connectivity index (χ4n) is 1.56. The smallest absolute Gasteiger partial charge is 0.0972 e. The average molecular weight is 288 g/mol. The van der Waals surface area contributed by atoms with Crippen LogP contribution in [0.4, 0.5) is 0 Å². The summed E-state index contributed by atoms with van der Waals surface area (Å²) in [5.74, 6) is 0.213. The topological polar surface area (TPSA) is 29.1 Å². The maximum Gasteiger partial charge on any atom is 0.0972 e. The van der Waals surface area contributed by atoms with Gasteiger partial charge in [0.2, 0.25) is 0 Å². The monoisotopic (exact) mass is 287 g/mol. The molecule has 0 aliphatic carbocycles. The first kappa shape index (κ1) is 15.7. The SMILES string of the molecule is CC(NS(=O)C(C)(C)C)C(C)c1ccccc1Cl. The highest BCUT2D eigenvalue weighted by atomic mass is 35.5. The van der Waals surface area contributed by atoms with Crippen molar-refractivity contribution >= 4 is 22.6 Å². The van der Waals surface area contributed by atoms with E-state index in [0.29, 0.717) is 0 Å². The first-order valence-corrected chi connectivity index (χ1v) is 7.68. The number of halogens is 1. The Hall–Kier alpha value is -0.380. The third-order valence-electron chi connectivity index (χ3n) is 2.99. The number of benzene rings is 1. The van der Waals surface area contributed by atoms with Gasteiger partial charge in [-0.1, -0.05) is 36.7 Å². The summed E-state index contributed by atoms with van der Waals surface area (Å²) in [6.45, 7) is 10.0. The maximum absolute atomic E-state index is 12.1. The molecule has 0 aromatic heterocycles. The van der Waals surface area contributed by atoms with Gasteiger partial charge in [-0.05, 0) is 45.2 Å². The number of hydrogen-bond donors (Lipinski definition) is 1. The zero-order valence-electron chi connectivity index (χ0n) is 11.7. The van der Waals surface area contributed by atoms with Crippen LogP contribution < -0.4 is 4.72 Å². The molecular weight excluding hydrogens is 266 g/mol. The van der Waals surface area contributed by atoms with Crippen LogP contribution in [-0.2, 0) is 11.0 Å². The van der Waals surface area contributed by atoms with E-state index in [9.17, 15) is 4.21 Å². The van der Waals surface area contributed by atoms with Gasteiger partial charge in [0.15, 0.2) is 0 Å². The van der Waals surface area contributed by atoms with Crippen molar-refractivity contribution in [3.05, 3.63) is 34.9 Å². The van der Waals surface area contributed by atoms with Crippen LogP contribution in [-0.4, -0.2) is 15.0 Å². The second-order valence-corrected chi connectivity index (χ2v) is 8.00. The summed E-state index contributed by atoms with van der Waals surface area (Å²) in [4.78, 5) is 0. The van der Waals surface area contributed by atoms with Crippen molar-refractivity contribution < 1.29 is 4.21 Å². The molecule has 4 heteroatoms. The van der Waals surface area contributed by atoms with Crippen LogP contribution in [0.2, 0.25) is 5.02 Å². The fourth-order valence-corrected chi connectivity index (χ4v) is 2.76. The minimum Gasteiger partial charge on any atom is -0.242 e. The van der Waals surface area contributed by atoms with E-state index in [1.807, 2.05) is 52.0 Å². The Morgan fingerprint density at radius 3 is 2.28 bits per heavy atom. The van der Waals surface area contributed by atoms with Crippen molar-refractivity contribution in [2.45, 2.75) is 51.3 Å². The molecule has 1 rings (SSSR count). The normalized spacial score (nSPS) is 17.2. The van der Waals surface area contributed by atoms with Gasteiger partial charge in [-0.3, -0.25) is 0 Å². The third kappa shape index (κ3) is 4.08. The minimum absolute atomic E-state index is 0.102. The van der Waals surface area contributed by atoms with E-state index in [2.05, 4.69) is 11.6 Å². The van der Waals surface area contributed by atoms with E-state index in [0.717, 1.165) is 10.6 Å². The van der Waals surface area contributed by atoms with Crippen molar-refractivity contribution in [2.75, 3.05) is 0 Å². The quantitative estimate of drug-likeness (QED) is 0.894. The number of hydrogen-bond acceptors (Lipinski definition) is 1. The lowest BCUT2D eigenvalue weighted by molar-refractivity contribution is 0.550. The van der Waals surface area contributed by atoms with E-state index in [1.165, 1.54) is 0 Å². The van der Waals surface area contributed by atoms with E-state index >= 15 is 0 Å². The van der Waals surface area contributed by atoms with Gasteiger partial charge in [-0.2, -0.15) is 0 Å². The second-order valence-electron chi connectivity index (χ2n) is 5.60. The van der Waals surface area contributed by atoms with Crippen LogP contribution in [0.15, 0.2) is 24.3 Å². The summed E-state index contributed by atoms with van der Waals surface area (Å²) in [6.07, 6.45) is 0. The Kier molecular flexibility index (Phi) is 5.38. The Morgan fingerprint density at radius 2 is 1.78 bits per heavy atom. The Morgan fingerprint density at radius 1 is 1.22 bits per heavy atom. The van der Waals surface area contributed by atoms with Crippen molar-refractivity contribution in [1.29, 1.82) is 0 Å². The van der Waals surface area contributed by atoms with Gasteiger partial charge in [0.1, 0.15) is 0 Å². The highest BCUT2D eigenvalue weighted by molar-refractivity contribution is 7.84. The molecule has 0 heterocycles. The molecule has 0 radical (unpaired) electrons. The summed E-state index contributed by atoms with van der Waals surface area (Å²) in [5.41, 5.74) is 1.09. The molecule has 2 nitrogen and oxygen atoms in total. The highest BCUT2D eigenvalue weighted by Gasteiger charge is 2.24. The number of nitrogens with one attached hydrogen (secondary N) is 1. The van der Waals surface area contributed by atoms with E-state index in [-0.39, 0.29) is 16.7 Å². The van der Waals surface area contributed by atoms with Crippen LogP contribution in [0.1, 0.15) is 46.1 Å². The molecule has 1 aromatic rings. The molecule has 1 N–H and O–H groups in total. The van der Waals surface area contributed by atoms with Gasteiger partial charge in [-0.25, -0.2) is 8.93 Å².